The van der Waals surface area contributed by atoms with Crippen LogP contribution in [-0.4, -0.2) is 11.7 Å². The van der Waals surface area contributed by atoms with Crippen molar-refractivity contribution >= 4 is 17.7 Å². The van der Waals surface area contributed by atoms with Crippen molar-refractivity contribution in [2.45, 2.75) is 11.8 Å². The maximum absolute atomic E-state index is 12.8. The molecule has 0 aliphatic rings. The van der Waals surface area contributed by atoms with Gasteiger partial charge in [0, 0.05) is 16.6 Å². The van der Waals surface area contributed by atoms with Gasteiger partial charge in [-0.15, -0.1) is 11.8 Å². The van der Waals surface area contributed by atoms with Gasteiger partial charge in [-0.25, -0.2) is 10.2 Å². The highest BCUT2D eigenvalue weighted by Gasteiger charge is 2.11. The number of amides is 1. The molecule has 0 saturated carbocycles. The van der Waals surface area contributed by atoms with Crippen molar-refractivity contribution in [1.82, 2.24) is 5.43 Å². The fourth-order valence-corrected chi connectivity index (χ4v) is 1.96. The highest BCUT2D eigenvalue weighted by atomic mass is 32.2. The first-order valence-corrected chi connectivity index (χ1v) is 5.51. The minimum atomic E-state index is -0.268. The molecule has 0 saturated heterocycles. The Labute approximate surface area is 92.2 Å². The summed E-state index contributed by atoms with van der Waals surface area (Å²) in [6, 6.07) is 6.28. The Kier molecular flexibility index (Phi) is 4.58. The van der Waals surface area contributed by atoms with Gasteiger partial charge in [0.15, 0.2) is 0 Å². The molecule has 0 heterocycles. The van der Waals surface area contributed by atoms with Crippen molar-refractivity contribution in [3.8, 4) is 0 Å². The lowest BCUT2D eigenvalue weighted by Crippen LogP contribution is -2.35. The lowest BCUT2D eigenvalue weighted by molar-refractivity contribution is -0.123. The number of hydrogen-bond donors (Lipinski definition) is 2. The van der Waals surface area contributed by atoms with E-state index >= 15 is 0 Å². The van der Waals surface area contributed by atoms with E-state index in [2.05, 4.69) is 5.43 Å². The minimum Gasteiger partial charge on any atom is -0.294 e. The van der Waals surface area contributed by atoms with Gasteiger partial charge in [0.2, 0.25) is 5.91 Å². The Morgan fingerprint density at radius 1 is 1.67 bits per heavy atom. The molecule has 1 rings (SSSR count). The van der Waals surface area contributed by atoms with E-state index in [4.69, 9.17) is 5.84 Å². The van der Waals surface area contributed by atoms with Crippen molar-refractivity contribution in [3.63, 3.8) is 0 Å². The fraction of sp³-hybridized carbons (Fsp3) is 0.300. The summed E-state index contributed by atoms with van der Waals surface area (Å²) in [5.74, 6) is 4.90. The van der Waals surface area contributed by atoms with Crippen LogP contribution in [0.1, 0.15) is 6.92 Å². The van der Waals surface area contributed by atoms with E-state index in [-0.39, 0.29) is 17.6 Å². The summed E-state index contributed by atoms with van der Waals surface area (Å²) in [7, 11) is 0. The van der Waals surface area contributed by atoms with Crippen LogP contribution in [0.15, 0.2) is 29.2 Å². The second-order valence-corrected chi connectivity index (χ2v) is 4.27. The second kappa shape index (κ2) is 5.72. The van der Waals surface area contributed by atoms with Crippen molar-refractivity contribution in [3.05, 3.63) is 30.1 Å². The number of rotatable bonds is 4. The van der Waals surface area contributed by atoms with Crippen molar-refractivity contribution in [2.24, 2.45) is 11.8 Å². The molecule has 0 aliphatic heterocycles. The number of thioether (sulfide) groups is 1. The number of hydrazine groups is 1. The lowest BCUT2D eigenvalue weighted by atomic mass is 10.2. The smallest absolute Gasteiger partial charge is 0.237 e. The molecule has 1 atom stereocenters. The predicted molar refractivity (Wildman–Crippen MR) is 58.6 cm³/mol. The standard InChI is InChI=1S/C10H13FN2OS/c1-7(10(14)13-12)6-15-9-4-2-3-8(11)5-9/h2-5,7H,6,12H2,1H3,(H,13,14). The first-order chi connectivity index (χ1) is 7.13. The number of carbonyl (C=O) groups excluding carboxylic acids is 1. The predicted octanol–water partition coefficient (Wildman–Crippen LogP) is 1.54. The lowest BCUT2D eigenvalue weighted by Gasteiger charge is -2.08. The summed E-state index contributed by atoms with van der Waals surface area (Å²) in [5, 5.41) is 0. The third-order valence-electron chi connectivity index (χ3n) is 1.89. The number of nitrogens with one attached hydrogen (secondary N) is 1. The summed E-state index contributed by atoms with van der Waals surface area (Å²) in [4.78, 5) is 11.9. The summed E-state index contributed by atoms with van der Waals surface area (Å²) in [6.45, 7) is 1.77. The maximum atomic E-state index is 12.8. The molecule has 0 aliphatic carbocycles. The van der Waals surface area contributed by atoms with Crippen LogP contribution in [0.4, 0.5) is 4.39 Å². The van der Waals surface area contributed by atoms with Crippen LogP contribution in [0, 0.1) is 11.7 Å². The van der Waals surface area contributed by atoms with Crippen LogP contribution in [0.3, 0.4) is 0 Å². The van der Waals surface area contributed by atoms with Gasteiger partial charge in [0.1, 0.15) is 5.82 Å². The molecule has 82 valence electrons. The zero-order chi connectivity index (χ0) is 11.3. The molecular weight excluding hydrogens is 215 g/mol. The van der Waals surface area contributed by atoms with Crippen LogP contribution in [0.2, 0.25) is 0 Å². The topological polar surface area (TPSA) is 55.1 Å². The van der Waals surface area contributed by atoms with Gasteiger partial charge in [0.05, 0.1) is 0 Å². The Morgan fingerprint density at radius 3 is 3.00 bits per heavy atom. The molecule has 0 spiro atoms. The minimum absolute atomic E-state index is 0.191. The van der Waals surface area contributed by atoms with Gasteiger partial charge in [-0.2, -0.15) is 0 Å². The largest absolute Gasteiger partial charge is 0.294 e. The van der Waals surface area contributed by atoms with E-state index in [1.807, 2.05) is 0 Å². The van der Waals surface area contributed by atoms with Crippen LogP contribution < -0.4 is 11.3 Å². The average Bonchev–Trinajstić information content (AvgIpc) is 2.25. The van der Waals surface area contributed by atoms with E-state index in [1.54, 1.807) is 19.1 Å². The first kappa shape index (κ1) is 12.0. The molecule has 1 unspecified atom stereocenters. The molecule has 1 amide bonds. The molecule has 1 aromatic rings. The molecule has 0 aromatic heterocycles. The quantitative estimate of drug-likeness (QED) is 0.356. The maximum Gasteiger partial charge on any atom is 0.237 e. The molecule has 0 fully saturated rings. The Hall–Kier alpha value is -1.07. The molecule has 15 heavy (non-hydrogen) atoms. The van der Waals surface area contributed by atoms with Gasteiger partial charge in [-0.3, -0.25) is 10.2 Å². The number of benzene rings is 1. The average molecular weight is 228 g/mol. The molecule has 0 radical (unpaired) electrons. The van der Waals surface area contributed by atoms with Gasteiger partial charge in [-0.1, -0.05) is 13.0 Å². The zero-order valence-electron chi connectivity index (χ0n) is 8.37. The monoisotopic (exact) mass is 228 g/mol. The Balaban J connectivity index is 2.47. The highest BCUT2D eigenvalue weighted by Crippen LogP contribution is 2.21. The number of carbonyl (C=O) groups is 1. The number of nitrogens with two attached hydrogens (primary N) is 1. The van der Waals surface area contributed by atoms with E-state index in [9.17, 15) is 9.18 Å². The first-order valence-electron chi connectivity index (χ1n) is 4.52. The molecule has 3 N–H and O–H groups in total. The highest BCUT2D eigenvalue weighted by molar-refractivity contribution is 7.99. The third kappa shape index (κ3) is 3.89. The van der Waals surface area contributed by atoms with E-state index in [0.29, 0.717) is 5.75 Å². The molecular formula is C10H13FN2OS. The van der Waals surface area contributed by atoms with Crippen molar-refractivity contribution in [1.29, 1.82) is 0 Å². The number of hydrogen-bond acceptors (Lipinski definition) is 3. The molecule has 3 nitrogen and oxygen atoms in total. The van der Waals surface area contributed by atoms with Gasteiger partial charge < -0.3 is 0 Å². The van der Waals surface area contributed by atoms with Crippen LogP contribution in [-0.2, 0) is 4.79 Å². The normalized spacial score (nSPS) is 12.2. The molecule has 0 bridgehead atoms. The fourth-order valence-electron chi connectivity index (χ4n) is 0.996. The third-order valence-corrected chi connectivity index (χ3v) is 3.14. The van der Waals surface area contributed by atoms with Gasteiger partial charge >= 0.3 is 0 Å². The zero-order valence-corrected chi connectivity index (χ0v) is 9.18. The van der Waals surface area contributed by atoms with Crippen LogP contribution in [0.25, 0.3) is 0 Å². The molecule has 1 aromatic carbocycles. The Morgan fingerprint density at radius 2 is 2.40 bits per heavy atom. The Bertz CT molecular complexity index is 346. The molecule has 5 heteroatoms. The summed E-state index contributed by atoms with van der Waals surface area (Å²) >= 11 is 1.43. The van der Waals surface area contributed by atoms with Crippen molar-refractivity contribution < 1.29 is 9.18 Å². The van der Waals surface area contributed by atoms with E-state index in [0.717, 1.165) is 4.90 Å². The van der Waals surface area contributed by atoms with Crippen LogP contribution in [0.5, 0.6) is 0 Å². The number of halogens is 1. The van der Waals surface area contributed by atoms with Gasteiger partial charge in [-0.05, 0) is 18.2 Å². The van der Waals surface area contributed by atoms with Gasteiger partial charge in [0.25, 0.3) is 0 Å². The summed E-state index contributed by atoms with van der Waals surface area (Å²) < 4.78 is 12.8. The van der Waals surface area contributed by atoms with E-state index < -0.39 is 0 Å². The van der Waals surface area contributed by atoms with Crippen LogP contribution >= 0.6 is 11.8 Å². The van der Waals surface area contributed by atoms with E-state index in [1.165, 1.54) is 23.9 Å². The SMILES string of the molecule is CC(CSc1cccc(F)c1)C(=O)NN. The second-order valence-electron chi connectivity index (χ2n) is 3.18. The summed E-state index contributed by atoms with van der Waals surface area (Å²) in [5.41, 5.74) is 2.09. The van der Waals surface area contributed by atoms with Crippen molar-refractivity contribution in [2.75, 3.05) is 5.75 Å². The summed E-state index contributed by atoms with van der Waals surface area (Å²) in [6.07, 6.45) is 0.